The van der Waals surface area contributed by atoms with Crippen LogP contribution in [0, 0.1) is 5.82 Å². The maximum atomic E-state index is 13.5. The van der Waals surface area contributed by atoms with Crippen LogP contribution in [-0.4, -0.2) is 9.78 Å². The molecule has 84 valence electrons. The Morgan fingerprint density at radius 3 is 2.81 bits per heavy atom. The van der Waals surface area contributed by atoms with Crippen LogP contribution < -0.4 is 0 Å². The molecule has 0 atom stereocenters. The number of hydrogen-bond donors (Lipinski definition) is 0. The summed E-state index contributed by atoms with van der Waals surface area (Å²) in [4.78, 5) is 0. The molecule has 1 aromatic carbocycles. The van der Waals surface area contributed by atoms with Gasteiger partial charge in [0.1, 0.15) is 5.82 Å². The molecular weight excluding hydrogens is 203 g/mol. The molecule has 0 unspecified atom stereocenters. The fraction of sp³-hybridized carbons (Fsp3) is 0.308. The highest BCUT2D eigenvalue weighted by Crippen LogP contribution is 2.20. The van der Waals surface area contributed by atoms with Gasteiger partial charge >= 0.3 is 0 Å². The summed E-state index contributed by atoms with van der Waals surface area (Å²) in [6.07, 6.45) is 3.64. The van der Waals surface area contributed by atoms with Crippen LogP contribution in [0.3, 0.4) is 0 Å². The molecular formula is C13H15FN2. The lowest BCUT2D eigenvalue weighted by Gasteiger charge is -2.09. The van der Waals surface area contributed by atoms with Crippen LogP contribution in [0.1, 0.15) is 30.9 Å². The Morgan fingerprint density at radius 2 is 2.19 bits per heavy atom. The molecule has 1 aromatic heterocycles. The zero-order valence-electron chi connectivity index (χ0n) is 9.52. The number of aromatic nitrogens is 2. The van der Waals surface area contributed by atoms with E-state index in [2.05, 4.69) is 5.10 Å². The van der Waals surface area contributed by atoms with Crippen molar-refractivity contribution >= 4 is 0 Å². The molecule has 0 radical (unpaired) electrons. The molecule has 16 heavy (non-hydrogen) atoms. The lowest BCUT2D eigenvalue weighted by atomic mass is 10.0. The van der Waals surface area contributed by atoms with Crippen molar-refractivity contribution in [2.75, 3.05) is 0 Å². The SMILES string of the molecule is CC(C)c1cc(Cn2cccn2)ccc1F. The van der Waals surface area contributed by atoms with Crippen molar-refractivity contribution in [3.63, 3.8) is 0 Å². The van der Waals surface area contributed by atoms with E-state index in [1.165, 1.54) is 6.07 Å². The normalized spacial score (nSPS) is 11.0. The predicted molar refractivity (Wildman–Crippen MR) is 61.8 cm³/mol. The fourth-order valence-corrected chi connectivity index (χ4v) is 1.72. The van der Waals surface area contributed by atoms with E-state index < -0.39 is 0 Å². The van der Waals surface area contributed by atoms with Crippen molar-refractivity contribution in [2.24, 2.45) is 0 Å². The highest BCUT2D eigenvalue weighted by Gasteiger charge is 2.07. The highest BCUT2D eigenvalue weighted by molar-refractivity contribution is 5.27. The van der Waals surface area contributed by atoms with Gasteiger partial charge < -0.3 is 0 Å². The Morgan fingerprint density at radius 1 is 1.38 bits per heavy atom. The molecule has 0 saturated heterocycles. The highest BCUT2D eigenvalue weighted by atomic mass is 19.1. The number of benzene rings is 1. The zero-order valence-corrected chi connectivity index (χ0v) is 9.52. The van der Waals surface area contributed by atoms with E-state index in [0.29, 0.717) is 6.54 Å². The van der Waals surface area contributed by atoms with Crippen molar-refractivity contribution in [1.82, 2.24) is 9.78 Å². The smallest absolute Gasteiger partial charge is 0.126 e. The number of nitrogens with zero attached hydrogens (tertiary/aromatic N) is 2. The predicted octanol–water partition coefficient (Wildman–Crippen LogP) is 3.19. The first-order chi connectivity index (χ1) is 7.66. The van der Waals surface area contributed by atoms with Gasteiger partial charge in [0, 0.05) is 12.4 Å². The summed E-state index contributed by atoms with van der Waals surface area (Å²) in [6, 6.07) is 7.14. The quantitative estimate of drug-likeness (QED) is 0.773. The molecule has 0 fully saturated rings. The maximum absolute atomic E-state index is 13.5. The second-order valence-corrected chi connectivity index (χ2v) is 4.21. The van der Waals surface area contributed by atoms with E-state index in [4.69, 9.17) is 0 Å². The molecule has 0 spiro atoms. The molecule has 0 saturated carbocycles. The summed E-state index contributed by atoms with van der Waals surface area (Å²) in [5.41, 5.74) is 1.85. The van der Waals surface area contributed by atoms with Crippen molar-refractivity contribution in [3.8, 4) is 0 Å². The van der Waals surface area contributed by atoms with Gasteiger partial charge in [0.25, 0.3) is 0 Å². The molecule has 0 bridgehead atoms. The molecule has 0 aliphatic rings. The van der Waals surface area contributed by atoms with Crippen LogP contribution in [0.25, 0.3) is 0 Å². The Kier molecular flexibility index (Phi) is 3.04. The van der Waals surface area contributed by atoms with Crippen LogP contribution in [0.15, 0.2) is 36.7 Å². The summed E-state index contributed by atoms with van der Waals surface area (Å²) in [5.74, 6) is 0.0804. The summed E-state index contributed by atoms with van der Waals surface area (Å²) < 4.78 is 15.3. The first-order valence-electron chi connectivity index (χ1n) is 5.42. The largest absolute Gasteiger partial charge is 0.268 e. The van der Waals surface area contributed by atoms with Crippen LogP contribution in [0.5, 0.6) is 0 Å². The van der Waals surface area contributed by atoms with Gasteiger partial charge in [-0.3, -0.25) is 4.68 Å². The van der Waals surface area contributed by atoms with Gasteiger partial charge in [-0.1, -0.05) is 26.0 Å². The third-order valence-corrected chi connectivity index (χ3v) is 2.59. The average molecular weight is 218 g/mol. The van der Waals surface area contributed by atoms with E-state index in [1.54, 1.807) is 6.20 Å². The van der Waals surface area contributed by atoms with Gasteiger partial charge in [-0.15, -0.1) is 0 Å². The second-order valence-electron chi connectivity index (χ2n) is 4.21. The molecule has 2 rings (SSSR count). The maximum Gasteiger partial charge on any atom is 0.126 e. The van der Waals surface area contributed by atoms with E-state index in [9.17, 15) is 4.39 Å². The van der Waals surface area contributed by atoms with Gasteiger partial charge in [-0.25, -0.2) is 4.39 Å². The molecule has 0 amide bonds. The van der Waals surface area contributed by atoms with Crippen molar-refractivity contribution in [3.05, 3.63) is 53.6 Å². The van der Waals surface area contributed by atoms with Gasteiger partial charge in [0.15, 0.2) is 0 Å². The lowest BCUT2D eigenvalue weighted by molar-refractivity contribution is 0.595. The zero-order chi connectivity index (χ0) is 11.5. The number of halogens is 1. The van der Waals surface area contributed by atoms with Crippen molar-refractivity contribution in [2.45, 2.75) is 26.3 Å². The summed E-state index contributed by atoms with van der Waals surface area (Å²) >= 11 is 0. The Balaban J connectivity index is 2.26. The Labute approximate surface area is 94.7 Å². The van der Waals surface area contributed by atoms with Crippen LogP contribution in [-0.2, 0) is 6.54 Å². The minimum Gasteiger partial charge on any atom is -0.268 e. The molecule has 0 N–H and O–H groups in total. The monoisotopic (exact) mass is 218 g/mol. The molecule has 0 aliphatic heterocycles. The second kappa shape index (κ2) is 4.47. The van der Waals surface area contributed by atoms with E-state index in [0.717, 1.165) is 11.1 Å². The fourth-order valence-electron chi connectivity index (χ4n) is 1.72. The molecule has 1 heterocycles. The number of hydrogen-bond acceptors (Lipinski definition) is 1. The third kappa shape index (κ3) is 2.30. The molecule has 0 aliphatic carbocycles. The minimum atomic E-state index is -0.126. The molecule has 2 nitrogen and oxygen atoms in total. The summed E-state index contributed by atoms with van der Waals surface area (Å²) in [6.45, 7) is 4.68. The topological polar surface area (TPSA) is 17.8 Å². The first kappa shape index (κ1) is 10.9. The minimum absolute atomic E-state index is 0.126. The van der Waals surface area contributed by atoms with E-state index in [1.807, 2.05) is 42.9 Å². The molecule has 2 aromatic rings. The summed E-state index contributed by atoms with van der Waals surface area (Å²) in [7, 11) is 0. The van der Waals surface area contributed by atoms with Gasteiger partial charge in [0.05, 0.1) is 6.54 Å². The van der Waals surface area contributed by atoms with Crippen LogP contribution in [0.4, 0.5) is 4.39 Å². The third-order valence-electron chi connectivity index (χ3n) is 2.59. The Bertz CT molecular complexity index is 461. The van der Waals surface area contributed by atoms with Gasteiger partial charge in [-0.05, 0) is 29.2 Å². The Hall–Kier alpha value is -1.64. The van der Waals surface area contributed by atoms with E-state index >= 15 is 0 Å². The van der Waals surface area contributed by atoms with E-state index in [-0.39, 0.29) is 11.7 Å². The first-order valence-corrected chi connectivity index (χ1v) is 5.42. The average Bonchev–Trinajstić information content (AvgIpc) is 2.73. The molecule has 3 heteroatoms. The van der Waals surface area contributed by atoms with Gasteiger partial charge in [0.2, 0.25) is 0 Å². The van der Waals surface area contributed by atoms with Crippen LogP contribution in [0.2, 0.25) is 0 Å². The summed E-state index contributed by atoms with van der Waals surface area (Å²) in [5, 5.41) is 4.13. The lowest BCUT2D eigenvalue weighted by Crippen LogP contribution is -2.02. The number of rotatable bonds is 3. The van der Waals surface area contributed by atoms with Crippen LogP contribution >= 0.6 is 0 Å². The van der Waals surface area contributed by atoms with Crippen molar-refractivity contribution in [1.29, 1.82) is 0 Å². The van der Waals surface area contributed by atoms with Gasteiger partial charge in [-0.2, -0.15) is 5.10 Å². The van der Waals surface area contributed by atoms with Crippen molar-refractivity contribution < 1.29 is 4.39 Å². The standard InChI is InChI=1S/C13H15FN2/c1-10(2)12-8-11(4-5-13(12)14)9-16-7-3-6-15-16/h3-8,10H,9H2,1-2H3.